The van der Waals surface area contributed by atoms with Crippen molar-refractivity contribution >= 4 is 5.84 Å². The second-order valence-corrected chi connectivity index (χ2v) is 4.48. The first kappa shape index (κ1) is 12.0. The highest BCUT2D eigenvalue weighted by Gasteiger charge is 2.24. The van der Waals surface area contributed by atoms with Gasteiger partial charge in [-0.15, -0.1) is 0 Å². The summed E-state index contributed by atoms with van der Waals surface area (Å²) in [7, 11) is 1.97. The van der Waals surface area contributed by atoms with E-state index in [1.807, 2.05) is 7.05 Å². The first-order valence-corrected chi connectivity index (χ1v) is 5.81. The zero-order chi connectivity index (χ0) is 12.4. The lowest BCUT2D eigenvalue weighted by Crippen LogP contribution is -2.46. The summed E-state index contributed by atoms with van der Waals surface area (Å²) in [5, 5.41) is 15.8. The zero-order valence-electron chi connectivity index (χ0n) is 9.91. The Bertz CT molecular complexity index is 480. The molecule has 0 bridgehead atoms. The smallest absolute Gasteiger partial charge is 0.140 e. The van der Waals surface area contributed by atoms with Gasteiger partial charge in [-0.2, -0.15) is 0 Å². The van der Waals surface area contributed by atoms with Gasteiger partial charge in [-0.25, -0.2) is 4.39 Å². The Morgan fingerprint density at radius 3 is 2.88 bits per heavy atom. The van der Waals surface area contributed by atoms with Gasteiger partial charge in [0.1, 0.15) is 17.1 Å². The molecule has 1 aromatic rings. The fourth-order valence-electron chi connectivity index (χ4n) is 2.26. The van der Waals surface area contributed by atoms with Gasteiger partial charge in [-0.3, -0.25) is 20.3 Å². The summed E-state index contributed by atoms with van der Waals surface area (Å²) in [6.45, 7) is 0.955. The molecule has 1 aliphatic heterocycles. The SMILES string of the molecule is CN1CCCCC1C(=N)n1cc(F)ccc1=N. The lowest BCUT2D eigenvalue weighted by atomic mass is 10.0. The Balaban J connectivity index is 2.30. The molecule has 1 atom stereocenters. The number of rotatable bonds is 1. The van der Waals surface area contributed by atoms with Gasteiger partial charge in [-0.05, 0) is 38.6 Å². The Hall–Kier alpha value is -1.49. The Morgan fingerprint density at radius 1 is 1.41 bits per heavy atom. The second-order valence-electron chi connectivity index (χ2n) is 4.48. The number of halogens is 1. The van der Waals surface area contributed by atoms with E-state index in [4.69, 9.17) is 10.8 Å². The van der Waals surface area contributed by atoms with Crippen LogP contribution in [0.25, 0.3) is 0 Å². The largest absolute Gasteiger partial charge is 0.297 e. The maximum atomic E-state index is 13.2. The molecule has 0 amide bonds. The van der Waals surface area contributed by atoms with Crippen LogP contribution in [0.5, 0.6) is 0 Å². The van der Waals surface area contributed by atoms with Gasteiger partial charge >= 0.3 is 0 Å². The Morgan fingerprint density at radius 2 is 2.18 bits per heavy atom. The molecule has 0 aliphatic carbocycles. The number of piperidine rings is 1. The molecule has 1 fully saturated rings. The van der Waals surface area contributed by atoms with Crippen molar-refractivity contribution in [3.05, 3.63) is 29.6 Å². The molecular formula is C12H17FN4. The third-order valence-electron chi connectivity index (χ3n) is 3.26. The van der Waals surface area contributed by atoms with Gasteiger partial charge in [0.15, 0.2) is 0 Å². The van der Waals surface area contributed by atoms with E-state index in [-0.39, 0.29) is 17.4 Å². The number of nitrogens with one attached hydrogen (secondary N) is 2. The van der Waals surface area contributed by atoms with E-state index >= 15 is 0 Å². The summed E-state index contributed by atoms with van der Waals surface area (Å²) in [6, 6.07) is 2.61. The maximum absolute atomic E-state index is 13.2. The van der Waals surface area contributed by atoms with Crippen LogP contribution in [-0.4, -0.2) is 34.9 Å². The Labute approximate surface area is 99.7 Å². The Kier molecular flexibility index (Phi) is 3.38. The maximum Gasteiger partial charge on any atom is 0.140 e. The molecule has 0 spiro atoms. The molecule has 1 aromatic heterocycles. The van der Waals surface area contributed by atoms with Crippen LogP contribution in [0.3, 0.4) is 0 Å². The zero-order valence-corrected chi connectivity index (χ0v) is 9.91. The molecule has 0 aromatic carbocycles. The van der Waals surface area contributed by atoms with Crippen LogP contribution in [0, 0.1) is 16.6 Å². The van der Waals surface area contributed by atoms with Gasteiger partial charge < -0.3 is 0 Å². The molecule has 2 N–H and O–H groups in total. The van der Waals surface area contributed by atoms with Crippen LogP contribution in [-0.2, 0) is 0 Å². The molecule has 17 heavy (non-hydrogen) atoms. The van der Waals surface area contributed by atoms with Gasteiger partial charge in [-0.1, -0.05) is 6.42 Å². The lowest BCUT2D eigenvalue weighted by Gasteiger charge is -2.33. The molecule has 4 nitrogen and oxygen atoms in total. The highest BCUT2D eigenvalue weighted by Crippen LogP contribution is 2.16. The van der Waals surface area contributed by atoms with Gasteiger partial charge in [0, 0.05) is 6.20 Å². The van der Waals surface area contributed by atoms with Crippen molar-refractivity contribution in [2.75, 3.05) is 13.6 Å². The van der Waals surface area contributed by atoms with E-state index in [2.05, 4.69) is 4.90 Å². The van der Waals surface area contributed by atoms with Crippen LogP contribution in [0.15, 0.2) is 18.3 Å². The van der Waals surface area contributed by atoms with E-state index in [1.165, 1.54) is 22.9 Å². The van der Waals surface area contributed by atoms with E-state index in [0.29, 0.717) is 0 Å². The number of hydrogen-bond acceptors (Lipinski definition) is 3. The highest BCUT2D eigenvalue weighted by molar-refractivity contribution is 5.86. The minimum absolute atomic E-state index is 0.0142. The van der Waals surface area contributed by atoms with Gasteiger partial charge in [0.05, 0.1) is 6.04 Å². The van der Waals surface area contributed by atoms with Crippen molar-refractivity contribution in [2.24, 2.45) is 0 Å². The van der Waals surface area contributed by atoms with Crippen LogP contribution in [0.2, 0.25) is 0 Å². The fraction of sp³-hybridized carbons (Fsp3) is 0.500. The molecule has 1 aliphatic rings. The van der Waals surface area contributed by atoms with Gasteiger partial charge in [0.2, 0.25) is 0 Å². The summed E-state index contributed by atoms with van der Waals surface area (Å²) in [5.41, 5.74) is 0.148. The minimum atomic E-state index is -0.413. The first-order valence-electron chi connectivity index (χ1n) is 5.81. The van der Waals surface area contributed by atoms with E-state index < -0.39 is 5.82 Å². The van der Waals surface area contributed by atoms with Crippen molar-refractivity contribution in [3.63, 3.8) is 0 Å². The number of aromatic nitrogens is 1. The highest BCUT2D eigenvalue weighted by atomic mass is 19.1. The lowest BCUT2D eigenvalue weighted by molar-refractivity contribution is 0.231. The number of pyridine rings is 1. The quantitative estimate of drug-likeness (QED) is 0.562. The summed E-state index contributed by atoms with van der Waals surface area (Å²) in [5.74, 6) is -0.124. The average molecular weight is 236 g/mol. The summed E-state index contributed by atoms with van der Waals surface area (Å²) in [6.07, 6.45) is 4.34. The minimum Gasteiger partial charge on any atom is -0.297 e. The summed E-state index contributed by atoms with van der Waals surface area (Å²) >= 11 is 0. The molecule has 5 heteroatoms. The molecule has 0 radical (unpaired) electrons. The predicted octanol–water partition coefficient (Wildman–Crippen LogP) is 1.42. The van der Waals surface area contributed by atoms with E-state index in [1.54, 1.807) is 0 Å². The van der Waals surface area contributed by atoms with Crippen LogP contribution < -0.4 is 5.49 Å². The normalized spacial score (nSPS) is 21.4. The first-order chi connectivity index (χ1) is 8.09. The van der Waals surface area contributed by atoms with Crippen molar-refractivity contribution in [2.45, 2.75) is 25.3 Å². The average Bonchev–Trinajstić information content (AvgIpc) is 2.32. The monoisotopic (exact) mass is 236 g/mol. The van der Waals surface area contributed by atoms with E-state index in [9.17, 15) is 4.39 Å². The molecule has 0 saturated carbocycles. The number of likely N-dealkylation sites (N-methyl/N-ethyl adjacent to an activating group) is 1. The molecule has 1 saturated heterocycles. The van der Waals surface area contributed by atoms with Gasteiger partial charge in [0.25, 0.3) is 0 Å². The topological polar surface area (TPSA) is 55.9 Å². The third kappa shape index (κ3) is 2.44. The third-order valence-corrected chi connectivity index (χ3v) is 3.26. The summed E-state index contributed by atoms with van der Waals surface area (Å²) in [4.78, 5) is 2.10. The second kappa shape index (κ2) is 4.79. The number of likely N-dealkylation sites (tertiary alicyclic amines) is 1. The molecule has 92 valence electrons. The van der Waals surface area contributed by atoms with Crippen LogP contribution >= 0.6 is 0 Å². The van der Waals surface area contributed by atoms with Crippen molar-refractivity contribution in [1.82, 2.24) is 9.47 Å². The number of hydrogen-bond donors (Lipinski definition) is 2. The van der Waals surface area contributed by atoms with E-state index in [0.717, 1.165) is 25.8 Å². The molecular weight excluding hydrogens is 219 g/mol. The van der Waals surface area contributed by atoms with Crippen molar-refractivity contribution < 1.29 is 4.39 Å². The molecule has 2 rings (SSSR count). The van der Waals surface area contributed by atoms with Crippen molar-refractivity contribution in [1.29, 1.82) is 10.8 Å². The standard InChI is InChI=1S/C12H17FN4/c1-16-7-3-2-4-10(16)12(15)17-8-9(13)5-6-11(17)14/h5-6,8,10,14-15H,2-4,7H2,1H3. The van der Waals surface area contributed by atoms with Crippen LogP contribution in [0.1, 0.15) is 19.3 Å². The number of nitrogens with zero attached hydrogens (tertiary/aromatic N) is 2. The predicted molar refractivity (Wildman–Crippen MR) is 63.6 cm³/mol. The summed E-state index contributed by atoms with van der Waals surface area (Å²) < 4.78 is 14.5. The van der Waals surface area contributed by atoms with Crippen LogP contribution in [0.4, 0.5) is 4.39 Å². The van der Waals surface area contributed by atoms with Crippen molar-refractivity contribution in [3.8, 4) is 0 Å². The fourth-order valence-corrected chi connectivity index (χ4v) is 2.26. The molecule has 1 unspecified atom stereocenters. The molecule has 2 heterocycles.